The summed E-state index contributed by atoms with van der Waals surface area (Å²) in [6.07, 6.45) is 1.80. The lowest BCUT2D eigenvalue weighted by Gasteiger charge is -2.38. The number of rotatable bonds is 13. The van der Waals surface area contributed by atoms with E-state index < -0.39 is 22.8 Å². The van der Waals surface area contributed by atoms with Crippen LogP contribution in [-0.4, -0.2) is 36.4 Å². The van der Waals surface area contributed by atoms with Gasteiger partial charge in [-0.15, -0.1) is 0 Å². The zero-order valence-electron chi connectivity index (χ0n) is 17.7. The Bertz CT molecular complexity index is 748. The van der Waals surface area contributed by atoms with E-state index in [2.05, 4.69) is 6.07 Å². The van der Waals surface area contributed by atoms with Gasteiger partial charge in [0.2, 0.25) is 0 Å². The van der Waals surface area contributed by atoms with Gasteiger partial charge in [0.05, 0.1) is 31.1 Å². The standard InChI is InChI=1S/C22H31NO6/c1-5-10-21(11-6-2,20(26)27)14-22(15-23,12-9-19(24)25)17-13-16(28-3)7-8-18(17)29-4/h7-8,13H,5-6,9-12,14H2,1-4H3,(H,24,25)(H,26,27). The number of ether oxygens (including phenoxy) is 2. The van der Waals surface area contributed by atoms with Crippen LogP contribution < -0.4 is 9.47 Å². The van der Waals surface area contributed by atoms with Gasteiger partial charge < -0.3 is 19.7 Å². The highest BCUT2D eigenvalue weighted by molar-refractivity contribution is 5.75. The lowest BCUT2D eigenvalue weighted by molar-refractivity contribution is -0.151. The average Bonchev–Trinajstić information content (AvgIpc) is 2.70. The molecule has 0 radical (unpaired) electrons. The average molecular weight is 405 g/mol. The molecule has 0 saturated carbocycles. The summed E-state index contributed by atoms with van der Waals surface area (Å²) >= 11 is 0. The molecule has 7 heteroatoms. The molecule has 0 amide bonds. The smallest absolute Gasteiger partial charge is 0.309 e. The minimum absolute atomic E-state index is 0.00429. The quantitative estimate of drug-likeness (QED) is 0.500. The minimum atomic E-state index is -1.35. The molecule has 1 aromatic rings. The van der Waals surface area contributed by atoms with Gasteiger partial charge in [0.1, 0.15) is 11.5 Å². The summed E-state index contributed by atoms with van der Waals surface area (Å²) in [7, 11) is 2.96. The highest BCUT2D eigenvalue weighted by Gasteiger charge is 2.47. The van der Waals surface area contributed by atoms with E-state index in [0.717, 1.165) is 0 Å². The SMILES string of the molecule is CCCC(CCC)(CC(C#N)(CCC(=O)O)c1cc(OC)ccc1OC)C(=O)O. The summed E-state index contributed by atoms with van der Waals surface area (Å²) in [5.74, 6) is -1.11. The first kappa shape index (κ1) is 24.3. The van der Waals surface area contributed by atoms with Gasteiger partial charge in [0.15, 0.2) is 0 Å². The number of benzene rings is 1. The lowest BCUT2D eigenvalue weighted by Crippen LogP contribution is -2.40. The molecule has 0 fully saturated rings. The van der Waals surface area contributed by atoms with Crippen molar-refractivity contribution in [1.29, 1.82) is 5.26 Å². The predicted octanol–water partition coefficient (Wildman–Crippen LogP) is 4.39. The summed E-state index contributed by atoms with van der Waals surface area (Å²) in [5.41, 5.74) is -2.02. The van der Waals surface area contributed by atoms with Crippen LogP contribution in [0.2, 0.25) is 0 Å². The molecule has 0 heterocycles. The number of nitrogens with zero attached hydrogens (tertiary/aromatic N) is 1. The van der Waals surface area contributed by atoms with Crippen LogP contribution in [-0.2, 0) is 15.0 Å². The van der Waals surface area contributed by atoms with Crippen LogP contribution in [0, 0.1) is 16.7 Å². The Kier molecular flexibility index (Phi) is 8.96. The number of hydrogen-bond donors (Lipinski definition) is 2. The van der Waals surface area contributed by atoms with E-state index in [4.69, 9.17) is 9.47 Å². The Labute approximate surface area is 172 Å². The number of carbonyl (C=O) groups is 2. The number of methoxy groups -OCH3 is 2. The van der Waals surface area contributed by atoms with Crippen LogP contribution in [0.4, 0.5) is 0 Å². The highest BCUT2D eigenvalue weighted by Crippen LogP contribution is 2.48. The van der Waals surface area contributed by atoms with Gasteiger partial charge in [-0.1, -0.05) is 26.7 Å². The first-order chi connectivity index (χ1) is 13.7. The number of aliphatic carboxylic acids is 2. The van der Waals surface area contributed by atoms with E-state index in [0.29, 0.717) is 42.7 Å². The molecule has 0 aromatic heterocycles. The number of nitriles is 1. The Morgan fingerprint density at radius 3 is 2.10 bits per heavy atom. The third kappa shape index (κ3) is 5.63. The predicted molar refractivity (Wildman–Crippen MR) is 108 cm³/mol. The summed E-state index contributed by atoms with van der Waals surface area (Å²) in [6, 6.07) is 7.27. The van der Waals surface area contributed by atoms with Crippen molar-refractivity contribution < 1.29 is 29.3 Å². The van der Waals surface area contributed by atoms with Crippen LogP contribution in [0.5, 0.6) is 11.5 Å². The van der Waals surface area contributed by atoms with Crippen LogP contribution >= 0.6 is 0 Å². The lowest BCUT2D eigenvalue weighted by atomic mass is 9.63. The van der Waals surface area contributed by atoms with E-state index in [1.165, 1.54) is 14.2 Å². The second-order valence-electron chi connectivity index (χ2n) is 7.42. The first-order valence-corrected chi connectivity index (χ1v) is 9.83. The molecule has 2 N–H and O–H groups in total. The van der Waals surface area contributed by atoms with Crippen molar-refractivity contribution in [2.75, 3.05) is 14.2 Å². The molecule has 0 saturated heterocycles. The zero-order chi connectivity index (χ0) is 22.1. The van der Waals surface area contributed by atoms with Crippen LogP contribution in [0.3, 0.4) is 0 Å². The molecular formula is C22H31NO6. The summed E-state index contributed by atoms with van der Waals surface area (Å²) in [4.78, 5) is 23.7. The topological polar surface area (TPSA) is 117 Å². The molecule has 1 unspecified atom stereocenters. The van der Waals surface area contributed by atoms with Crippen molar-refractivity contribution in [1.82, 2.24) is 0 Å². The Morgan fingerprint density at radius 2 is 1.69 bits per heavy atom. The maximum Gasteiger partial charge on any atom is 0.309 e. The van der Waals surface area contributed by atoms with Gasteiger partial charge in [-0.3, -0.25) is 9.59 Å². The molecule has 0 bridgehead atoms. The van der Waals surface area contributed by atoms with Crippen molar-refractivity contribution in [2.24, 2.45) is 5.41 Å². The Morgan fingerprint density at radius 1 is 1.07 bits per heavy atom. The molecule has 1 atom stereocenters. The second kappa shape index (κ2) is 10.7. The molecule has 0 aliphatic rings. The molecule has 0 aliphatic carbocycles. The van der Waals surface area contributed by atoms with E-state index >= 15 is 0 Å². The van der Waals surface area contributed by atoms with Crippen molar-refractivity contribution in [3.05, 3.63) is 23.8 Å². The second-order valence-corrected chi connectivity index (χ2v) is 7.42. The van der Waals surface area contributed by atoms with Crippen LogP contribution in [0.25, 0.3) is 0 Å². The fourth-order valence-electron chi connectivity index (χ4n) is 4.11. The van der Waals surface area contributed by atoms with Gasteiger partial charge in [-0.2, -0.15) is 5.26 Å². The molecule has 0 spiro atoms. The Balaban J connectivity index is 3.71. The van der Waals surface area contributed by atoms with Gasteiger partial charge in [0, 0.05) is 12.0 Å². The van der Waals surface area contributed by atoms with E-state index in [1.807, 2.05) is 13.8 Å². The maximum atomic E-state index is 12.4. The van der Waals surface area contributed by atoms with Gasteiger partial charge in [0.25, 0.3) is 0 Å². The molecular weight excluding hydrogens is 374 g/mol. The number of hydrogen-bond acceptors (Lipinski definition) is 5. The van der Waals surface area contributed by atoms with E-state index in [9.17, 15) is 25.1 Å². The third-order valence-electron chi connectivity index (χ3n) is 5.45. The Hall–Kier alpha value is -2.75. The maximum absolute atomic E-state index is 12.4. The van der Waals surface area contributed by atoms with E-state index in [-0.39, 0.29) is 19.3 Å². The monoisotopic (exact) mass is 405 g/mol. The van der Waals surface area contributed by atoms with Gasteiger partial charge in [-0.25, -0.2) is 0 Å². The van der Waals surface area contributed by atoms with E-state index in [1.54, 1.807) is 18.2 Å². The molecule has 0 aliphatic heterocycles. The normalized spacial score (nSPS) is 13.2. The van der Waals surface area contributed by atoms with Gasteiger partial charge >= 0.3 is 11.9 Å². The number of carboxylic acid groups (broad SMARTS) is 2. The molecule has 1 aromatic carbocycles. The molecule has 160 valence electrons. The number of carboxylic acids is 2. The first-order valence-electron chi connectivity index (χ1n) is 9.83. The molecule has 29 heavy (non-hydrogen) atoms. The zero-order valence-corrected chi connectivity index (χ0v) is 17.7. The van der Waals surface area contributed by atoms with Crippen LogP contribution in [0.1, 0.15) is 64.4 Å². The van der Waals surface area contributed by atoms with Crippen molar-refractivity contribution in [2.45, 2.75) is 64.2 Å². The fraction of sp³-hybridized carbons (Fsp3) is 0.591. The molecule has 1 rings (SSSR count). The minimum Gasteiger partial charge on any atom is -0.497 e. The third-order valence-corrected chi connectivity index (χ3v) is 5.45. The largest absolute Gasteiger partial charge is 0.497 e. The van der Waals surface area contributed by atoms with Crippen LogP contribution in [0.15, 0.2) is 18.2 Å². The van der Waals surface area contributed by atoms with Crippen molar-refractivity contribution >= 4 is 11.9 Å². The summed E-state index contributed by atoms with van der Waals surface area (Å²) < 4.78 is 10.7. The highest BCUT2D eigenvalue weighted by atomic mass is 16.5. The van der Waals surface area contributed by atoms with Gasteiger partial charge in [-0.05, 0) is 43.9 Å². The molecule has 7 nitrogen and oxygen atoms in total. The van der Waals surface area contributed by atoms with Crippen molar-refractivity contribution in [3.63, 3.8) is 0 Å². The summed E-state index contributed by atoms with van der Waals surface area (Å²) in [6.45, 7) is 3.82. The van der Waals surface area contributed by atoms with Crippen molar-refractivity contribution in [3.8, 4) is 17.6 Å². The summed E-state index contributed by atoms with van der Waals surface area (Å²) in [5, 5.41) is 29.7. The fourth-order valence-corrected chi connectivity index (χ4v) is 4.11.